The third-order valence-corrected chi connectivity index (χ3v) is 7.21. The van der Waals surface area contributed by atoms with E-state index in [9.17, 15) is 13.2 Å². The van der Waals surface area contributed by atoms with Crippen LogP contribution >= 0.6 is 11.6 Å². The van der Waals surface area contributed by atoms with Crippen LogP contribution in [0.5, 0.6) is 11.5 Å². The lowest BCUT2D eigenvalue weighted by molar-refractivity contribution is -0.141. The van der Waals surface area contributed by atoms with Crippen molar-refractivity contribution in [1.82, 2.24) is 10.8 Å². The number of hydrogen-bond donors (Lipinski definition) is 3. The Bertz CT molecular complexity index is 940. The van der Waals surface area contributed by atoms with Crippen molar-refractivity contribution in [2.75, 3.05) is 18.8 Å². The molecule has 0 radical (unpaired) electrons. The molecule has 2 aromatic rings. The van der Waals surface area contributed by atoms with Crippen LogP contribution in [0.15, 0.2) is 53.4 Å². The zero-order valence-electron chi connectivity index (χ0n) is 15.7. The largest absolute Gasteiger partial charge is 0.457 e. The maximum Gasteiger partial charge on any atom is 0.249 e. The third kappa shape index (κ3) is 5.27. The molecule has 1 heterocycles. The number of halogens is 1. The summed E-state index contributed by atoms with van der Waals surface area (Å²) in [5, 5.41) is 12.8. The first-order chi connectivity index (χ1) is 13.8. The molecule has 0 aromatic heterocycles. The molecule has 0 spiro atoms. The lowest BCUT2D eigenvalue weighted by atomic mass is 9.76. The molecule has 1 aliphatic rings. The SMILES string of the molecule is O=C(NO)C1(CCS(=O)(=O)c2ccc(Oc3ccc(Cl)cc3)cc2)CCNCC1. The average Bonchev–Trinajstić information content (AvgIpc) is 2.74. The Morgan fingerprint density at radius 1 is 1.07 bits per heavy atom. The van der Waals surface area contributed by atoms with E-state index in [1.807, 2.05) is 0 Å². The van der Waals surface area contributed by atoms with Crippen LogP contribution in [0.25, 0.3) is 0 Å². The Balaban J connectivity index is 1.68. The minimum Gasteiger partial charge on any atom is -0.457 e. The van der Waals surface area contributed by atoms with Crippen molar-refractivity contribution in [1.29, 1.82) is 0 Å². The second kappa shape index (κ2) is 9.13. The molecular weight excluding hydrogens is 416 g/mol. The lowest BCUT2D eigenvalue weighted by Gasteiger charge is -2.35. The Labute approximate surface area is 174 Å². The van der Waals surface area contributed by atoms with Gasteiger partial charge < -0.3 is 10.1 Å². The Kier molecular flexibility index (Phi) is 6.79. The highest BCUT2D eigenvalue weighted by Crippen LogP contribution is 2.34. The van der Waals surface area contributed by atoms with E-state index < -0.39 is 21.2 Å². The zero-order valence-corrected chi connectivity index (χ0v) is 17.3. The predicted molar refractivity (Wildman–Crippen MR) is 109 cm³/mol. The van der Waals surface area contributed by atoms with Gasteiger partial charge in [-0.3, -0.25) is 10.0 Å². The van der Waals surface area contributed by atoms with Crippen LogP contribution in [0.2, 0.25) is 5.02 Å². The molecule has 3 rings (SSSR count). The maximum absolute atomic E-state index is 12.8. The fourth-order valence-corrected chi connectivity index (χ4v) is 4.99. The summed E-state index contributed by atoms with van der Waals surface area (Å²) in [7, 11) is -3.59. The van der Waals surface area contributed by atoms with Crippen LogP contribution in [-0.2, 0) is 14.6 Å². The van der Waals surface area contributed by atoms with E-state index in [1.54, 1.807) is 41.9 Å². The van der Waals surface area contributed by atoms with Gasteiger partial charge in [-0.25, -0.2) is 13.9 Å². The molecule has 0 unspecified atom stereocenters. The van der Waals surface area contributed by atoms with Gasteiger partial charge in [0, 0.05) is 5.02 Å². The summed E-state index contributed by atoms with van der Waals surface area (Å²) in [5.41, 5.74) is 0.815. The molecule has 9 heteroatoms. The van der Waals surface area contributed by atoms with Crippen molar-refractivity contribution in [2.45, 2.75) is 24.2 Å². The van der Waals surface area contributed by atoms with Crippen LogP contribution in [0, 0.1) is 5.41 Å². The topological polar surface area (TPSA) is 105 Å². The predicted octanol–water partition coefficient (Wildman–Crippen LogP) is 3.17. The summed E-state index contributed by atoms with van der Waals surface area (Å²) in [6, 6.07) is 13.0. The molecule has 1 aliphatic heterocycles. The van der Waals surface area contributed by atoms with Crippen LogP contribution < -0.4 is 15.5 Å². The second-order valence-electron chi connectivity index (χ2n) is 7.07. The molecule has 29 heavy (non-hydrogen) atoms. The Morgan fingerprint density at radius 3 is 2.17 bits per heavy atom. The number of piperidine rings is 1. The zero-order chi connectivity index (χ0) is 20.9. The number of amides is 1. The molecule has 7 nitrogen and oxygen atoms in total. The molecule has 1 saturated heterocycles. The normalized spacial score (nSPS) is 16.2. The number of hydroxylamine groups is 1. The number of nitrogens with one attached hydrogen (secondary N) is 2. The minimum atomic E-state index is -3.59. The molecule has 0 atom stereocenters. The number of carbonyl (C=O) groups excluding carboxylic acids is 1. The van der Waals surface area contributed by atoms with Gasteiger partial charge in [0.1, 0.15) is 11.5 Å². The second-order valence-corrected chi connectivity index (χ2v) is 9.61. The van der Waals surface area contributed by atoms with Crippen molar-refractivity contribution >= 4 is 27.3 Å². The standard InChI is InChI=1S/C20H23ClN2O5S/c21-15-1-3-16(4-2-15)28-17-5-7-18(8-6-17)29(26,27)14-11-20(19(24)23-25)9-12-22-13-10-20/h1-8,22,25H,9-14H2,(H,23,24). The molecule has 1 fully saturated rings. The van der Waals surface area contributed by atoms with Gasteiger partial charge in [-0.1, -0.05) is 11.6 Å². The first kappa shape index (κ1) is 21.6. The van der Waals surface area contributed by atoms with Crippen molar-refractivity contribution in [3.05, 3.63) is 53.6 Å². The fourth-order valence-electron chi connectivity index (χ4n) is 3.42. The Hall–Kier alpha value is -2.13. The van der Waals surface area contributed by atoms with Gasteiger partial charge in [0.2, 0.25) is 5.91 Å². The lowest BCUT2D eigenvalue weighted by Crippen LogP contribution is -2.47. The highest BCUT2D eigenvalue weighted by Gasteiger charge is 2.40. The summed E-state index contributed by atoms with van der Waals surface area (Å²) < 4.78 is 31.2. The minimum absolute atomic E-state index is 0.145. The first-order valence-electron chi connectivity index (χ1n) is 9.26. The number of carbonyl (C=O) groups is 1. The summed E-state index contributed by atoms with van der Waals surface area (Å²) in [6.45, 7) is 1.20. The molecule has 0 saturated carbocycles. The summed E-state index contributed by atoms with van der Waals surface area (Å²) in [6.07, 6.45) is 1.10. The van der Waals surface area contributed by atoms with Gasteiger partial charge in [-0.05, 0) is 80.9 Å². The van der Waals surface area contributed by atoms with Gasteiger partial charge in [0.15, 0.2) is 9.84 Å². The van der Waals surface area contributed by atoms with E-state index in [-0.39, 0.29) is 17.1 Å². The van der Waals surface area contributed by atoms with Crippen LogP contribution in [0.4, 0.5) is 0 Å². The highest BCUT2D eigenvalue weighted by molar-refractivity contribution is 7.91. The number of rotatable bonds is 7. The van der Waals surface area contributed by atoms with Gasteiger partial charge in [-0.15, -0.1) is 0 Å². The summed E-state index contributed by atoms with van der Waals surface area (Å²) >= 11 is 5.85. The third-order valence-electron chi connectivity index (χ3n) is 5.23. The van der Waals surface area contributed by atoms with Crippen LogP contribution in [-0.4, -0.2) is 38.4 Å². The van der Waals surface area contributed by atoms with E-state index in [2.05, 4.69) is 5.32 Å². The number of ether oxygens (including phenoxy) is 1. The fraction of sp³-hybridized carbons (Fsp3) is 0.350. The number of hydrogen-bond acceptors (Lipinski definition) is 6. The quantitative estimate of drug-likeness (QED) is 0.453. The molecule has 3 N–H and O–H groups in total. The van der Waals surface area contributed by atoms with E-state index in [0.29, 0.717) is 42.5 Å². The molecule has 0 aliphatic carbocycles. The van der Waals surface area contributed by atoms with Gasteiger partial charge in [0.25, 0.3) is 0 Å². The summed E-state index contributed by atoms with van der Waals surface area (Å²) in [4.78, 5) is 12.3. The highest BCUT2D eigenvalue weighted by atomic mass is 35.5. The van der Waals surface area contributed by atoms with E-state index in [4.69, 9.17) is 21.5 Å². The van der Waals surface area contributed by atoms with Gasteiger partial charge in [0.05, 0.1) is 16.1 Å². The van der Waals surface area contributed by atoms with Gasteiger partial charge in [-0.2, -0.15) is 0 Å². The Morgan fingerprint density at radius 2 is 1.62 bits per heavy atom. The number of sulfone groups is 1. The van der Waals surface area contributed by atoms with E-state index in [1.165, 1.54) is 12.1 Å². The van der Waals surface area contributed by atoms with Gasteiger partial charge >= 0.3 is 0 Å². The molecule has 0 bridgehead atoms. The first-order valence-corrected chi connectivity index (χ1v) is 11.3. The molecular formula is C20H23ClN2O5S. The molecule has 156 valence electrons. The molecule has 2 aromatic carbocycles. The van der Waals surface area contributed by atoms with E-state index >= 15 is 0 Å². The summed E-state index contributed by atoms with van der Waals surface area (Å²) in [5.74, 6) is 0.382. The van der Waals surface area contributed by atoms with Crippen LogP contribution in [0.3, 0.4) is 0 Å². The molecule has 1 amide bonds. The van der Waals surface area contributed by atoms with E-state index in [0.717, 1.165) is 0 Å². The smallest absolute Gasteiger partial charge is 0.249 e. The van der Waals surface area contributed by atoms with Crippen molar-refractivity contribution in [3.8, 4) is 11.5 Å². The number of benzene rings is 2. The van der Waals surface area contributed by atoms with Crippen LogP contribution in [0.1, 0.15) is 19.3 Å². The van der Waals surface area contributed by atoms with Crippen molar-refractivity contribution in [3.63, 3.8) is 0 Å². The van der Waals surface area contributed by atoms with Crippen molar-refractivity contribution in [2.24, 2.45) is 5.41 Å². The monoisotopic (exact) mass is 438 g/mol. The maximum atomic E-state index is 12.8. The average molecular weight is 439 g/mol. The van der Waals surface area contributed by atoms with Crippen molar-refractivity contribution < 1.29 is 23.2 Å².